The lowest BCUT2D eigenvalue weighted by atomic mass is 9.88. The van der Waals surface area contributed by atoms with Crippen LogP contribution in [-0.2, 0) is 0 Å². The summed E-state index contributed by atoms with van der Waals surface area (Å²) < 4.78 is 5.06. The summed E-state index contributed by atoms with van der Waals surface area (Å²) in [4.78, 5) is 12.6. The second-order valence-corrected chi connectivity index (χ2v) is 6.28. The van der Waals surface area contributed by atoms with Gasteiger partial charge in [0.05, 0.1) is 12.0 Å². The Morgan fingerprint density at radius 1 is 1.56 bits per heavy atom. The minimum atomic E-state index is -0.0396. The number of rotatable bonds is 7. The first kappa shape index (κ1) is 15.3. The molecule has 102 valence electrons. The van der Waals surface area contributed by atoms with E-state index in [0.717, 1.165) is 18.6 Å². The molecule has 18 heavy (non-hydrogen) atoms. The number of ether oxygens (including phenoxy) is 1. The van der Waals surface area contributed by atoms with E-state index >= 15 is 0 Å². The number of nitrogens with one attached hydrogen (secondary N) is 1. The van der Waals surface area contributed by atoms with Crippen molar-refractivity contribution in [3.05, 3.63) is 16.3 Å². The van der Waals surface area contributed by atoms with E-state index in [1.807, 2.05) is 5.38 Å². The van der Waals surface area contributed by atoms with Crippen molar-refractivity contribution >= 4 is 28.8 Å². The van der Waals surface area contributed by atoms with Crippen molar-refractivity contribution in [3.8, 4) is 5.75 Å². The number of alkyl halides is 1. The molecule has 1 N–H and O–H groups in total. The van der Waals surface area contributed by atoms with E-state index in [2.05, 4.69) is 19.2 Å². The average molecular weight is 290 g/mol. The second kappa shape index (κ2) is 7.00. The number of amides is 1. The molecule has 0 bridgehead atoms. The Balaban J connectivity index is 2.45. The molecule has 0 unspecified atom stereocenters. The molecule has 5 heteroatoms. The van der Waals surface area contributed by atoms with Gasteiger partial charge in [0.15, 0.2) is 0 Å². The number of hydrogen-bond acceptors (Lipinski definition) is 3. The Morgan fingerprint density at radius 2 is 2.28 bits per heavy atom. The minimum Gasteiger partial charge on any atom is -0.496 e. The van der Waals surface area contributed by atoms with Gasteiger partial charge in [-0.3, -0.25) is 4.79 Å². The second-order valence-electron chi connectivity index (χ2n) is 4.99. The molecule has 0 fully saturated rings. The third-order valence-electron chi connectivity index (χ3n) is 2.75. The highest BCUT2D eigenvalue weighted by atomic mass is 35.5. The first-order valence-corrected chi connectivity index (χ1v) is 7.36. The Kier molecular flexibility index (Phi) is 5.96. The molecule has 1 aromatic heterocycles. The highest BCUT2D eigenvalue weighted by Gasteiger charge is 2.19. The van der Waals surface area contributed by atoms with E-state index < -0.39 is 0 Å². The predicted octanol–water partition coefficient (Wildman–Crippen LogP) is 3.53. The molecule has 1 rings (SSSR count). The zero-order valence-electron chi connectivity index (χ0n) is 11.1. The van der Waals surface area contributed by atoms with Crippen LogP contribution in [0.15, 0.2) is 11.4 Å². The molecule has 0 saturated heterocycles. The van der Waals surface area contributed by atoms with Crippen LogP contribution in [0.1, 0.15) is 36.4 Å². The van der Waals surface area contributed by atoms with Crippen LogP contribution in [0, 0.1) is 5.41 Å². The first-order chi connectivity index (χ1) is 8.48. The lowest BCUT2D eigenvalue weighted by Crippen LogP contribution is -2.33. The summed E-state index contributed by atoms with van der Waals surface area (Å²) in [5, 5.41) is 4.79. The largest absolute Gasteiger partial charge is 0.496 e. The molecule has 0 radical (unpaired) electrons. The average Bonchev–Trinajstić information content (AvgIpc) is 2.82. The molecule has 0 saturated carbocycles. The van der Waals surface area contributed by atoms with Gasteiger partial charge < -0.3 is 10.1 Å². The van der Waals surface area contributed by atoms with E-state index in [4.69, 9.17) is 16.3 Å². The van der Waals surface area contributed by atoms with Gasteiger partial charge in [0.1, 0.15) is 5.75 Å². The fourth-order valence-electron chi connectivity index (χ4n) is 1.59. The van der Waals surface area contributed by atoms with E-state index in [1.165, 1.54) is 11.3 Å². The molecule has 0 atom stereocenters. The highest BCUT2D eigenvalue weighted by molar-refractivity contribution is 7.12. The normalized spacial score (nSPS) is 11.3. The Morgan fingerprint density at radius 3 is 2.83 bits per heavy atom. The van der Waals surface area contributed by atoms with Crippen molar-refractivity contribution in [2.45, 2.75) is 26.7 Å². The molecule has 0 aliphatic rings. The van der Waals surface area contributed by atoms with Gasteiger partial charge in [0, 0.05) is 23.9 Å². The van der Waals surface area contributed by atoms with Gasteiger partial charge in [0.25, 0.3) is 5.91 Å². The fourth-order valence-corrected chi connectivity index (χ4v) is 2.49. The predicted molar refractivity (Wildman–Crippen MR) is 76.9 cm³/mol. The van der Waals surface area contributed by atoms with Crippen LogP contribution in [0.2, 0.25) is 0 Å². The molecular weight excluding hydrogens is 270 g/mol. The molecule has 0 aliphatic heterocycles. The Labute approximate surface area is 117 Å². The summed E-state index contributed by atoms with van der Waals surface area (Å²) in [6.45, 7) is 4.92. The van der Waals surface area contributed by atoms with E-state index in [9.17, 15) is 4.79 Å². The fraction of sp³-hybridized carbons (Fsp3) is 0.615. The third kappa shape index (κ3) is 4.86. The molecule has 3 nitrogen and oxygen atoms in total. The monoisotopic (exact) mass is 289 g/mol. The van der Waals surface area contributed by atoms with Crippen LogP contribution >= 0.6 is 22.9 Å². The minimum absolute atomic E-state index is 0.0396. The summed E-state index contributed by atoms with van der Waals surface area (Å²) in [5.74, 6) is 1.35. The maximum atomic E-state index is 11.9. The highest BCUT2D eigenvalue weighted by Crippen LogP contribution is 2.23. The topological polar surface area (TPSA) is 38.3 Å². The van der Waals surface area contributed by atoms with Gasteiger partial charge in [-0.2, -0.15) is 0 Å². The van der Waals surface area contributed by atoms with Gasteiger partial charge in [-0.25, -0.2) is 0 Å². The number of halogens is 1. The number of carbonyl (C=O) groups is 1. The molecular formula is C13H20ClNO2S. The van der Waals surface area contributed by atoms with Crippen LogP contribution in [0.5, 0.6) is 5.75 Å². The van der Waals surface area contributed by atoms with Gasteiger partial charge in [-0.05, 0) is 18.3 Å². The van der Waals surface area contributed by atoms with Crippen molar-refractivity contribution in [1.82, 2.24) is 5.32 Å². The summed E-state index contributed by atoms with van der Waals surface area (Å²) in [6, 6.07) is 1.76. The van der Waals surface area contributed by atoms with Crippen molar-refractivity contribution in [2.75, 3.05) is 19.5 Å². The van der Waals surface area contributed by atoms with Crippen molar-refractivity contribution in [3.63, 3.8) is 0 Å². The number of carbonyl (C=O) groups excluding carboxylic acids is 1. The van der Waals surface area contributed by atoms with Crippen molar-refractivity contribution < 1.29 is 9.53 Å². The smallest absolute Gasteiger partial charge is 0.261 e. The summed E-state index contributed by atoms with van der Waals surface area (Å²) >= 11 is 7.08. The summed E-state index contributed by atoms with van der Waals surface area (Å²) in [6.07, 6.45) is 1.97. The maximum Gasteiger partial charge on any atom is 0.261 e. The Bertz CT molecular complexity index is 390. The number of hydrogen-bond donors (Lipinski definition) is 1. The SMILES string of the molecule is COc1csc(C(=O)NCC(C)(C)CCCCl)c1. The third-order valence-corrected chi connectivity index (χ3v) is 3.92. The zero-order chi connectivity index (χ0) is 13.6. The van der Waals surface area contributed by atoms with Crippen LogP contribution < -0.4 is 10.1 Å². The quantitative estimate of drug-likeness (QED) is 0.780. The Hall–Kier alpha value is -0.740. The van der Waals surface area contributed by atoms with Gasteiger partial charge >= 0.3 is 0 Å². The van der Waals surface area contributed by atoms with Gasteiger partial charge in [-0.1, -0.05) is 13.8 Å². The summed E-state index contributed by atoms with van der Waals surface area (Å²) in [5.41, 5.74) is 0.0753. The first-order valence-electron chi connectivity index (χ1n) is 5.95. The lowest BCUT2D eigenvalue weighted by molar-refractivity contribution is 0.0938. The van der Waals surface area contributed by atoms with Gasteiger partial charge in [0.2, 0.25) is 0 Å². The molecule has 1 amide bonds. The zero-order valence-corrected chi connectivity index (χ0v) is 12.7. The lowest BCUT2D eigenvalue weighted by Gasteiger charge is -2.24. The maximum absolute atomic E-state index is 11.9. The van der Waals surface area contributed by atoms with Crippen molar-refractivity contribution in [2.24, 2.45) is 5.41 Å². The molecule has 1 aromatic rings. The van der Waals surface area contributed by atoms with E-state index in [0.29, 0.717) is 17.3 Å². The molecule has 1 heterocycles. The van der Waals surface area contributed by atoms with Crippen LogP contribution in [0.25, 0.3) is 0 Å². The standard InChI is InChI=1S/C13H20ClNO2S/c1-13(2,5-4-6-14)9-15-12(16)11-7-10(17-3)8-18-11/h7-8H,4-6,9H2,1-3H3,(H,15,16). The van der Waals surface area contributed by atoms with Crippen LogP contribution in [-0.4, -0.2) is 25.4 Å². The molecule has 0 aliphatic carbocycles. The van der Waals surface area contributed by atoms with Crippen molar-refractivity contribution in [1.29, 1.82) is 0 Å². The summed E-state index contributed by atoms with van der Waals surface area (Å²) in [7, 11) is 1.60. The van der Waals surface area contributed by atoms with E-state index in [1.54, 1.807) is 13.2 Å². The number of methoxy groups -OCH3 is 1. The number of thiophene rings is 1. The molecule has 0 spiro atoms. The van der Waals surface area contributed by atoms with Crippen LogP contribution in [0.3, 0.4) is 0 Å². The van der Waals surface area contributed by atoms with E-state index in [-0.39, 0.29) is 11.3 Å². The van der Waals surface area contributed by atoms with Crippen LogP contribution in [0.4, 0.5) is 0 Å². The van der Waals surface area contributed by atoms with Gasteiger partial charge in [-0.15, -0.1) is 22.9 Å². The molecule has 0 aromatic carbocycles.